The van der Waals surface area contributed by atoms with Gasteiger partial charge in [-0.2, -0.15) is 5.10 Å². The molecular formula is C20H25N5S. The number of piperidine rings is 1. The Labute approximate surface area is 158 Å². The van der Waals surface area contributed by atoms with Crippen LogP contribution in [0.15, 0.2) is 35.8 Å². The van der Waals surface area contributed by atoms with Crippen LogP contribution < -0.4 is 4.90 Å². The van der Waals surface area contributed by atoms with Crippen LogP contribution in [0.3, 0.4) is 0 Å². The molecule has 2 aliphatic rings. The Bertz CT molecular complexity index is 858. The molecular weight excluding hydrogens is 342 g/mol. The first-order valence-electron chi connectivity index (χ1n) is 9.71. The van der Waals surface area contributed by atoms with Gasteiger partial charge in [0.2, 0.25) is 0 Å². The number of pyridine rings is 1. The Kier molecular flexibility index (Phi) is 4.38. The normalized spacial score (nSPS) is 19.6. The Morgan fingerprint density at radius 2 is 1.88 bits per heavy atom. The highest BCUT2D eigenvalue weighted by atomic mass is 32.1. The third-order valence-electron chi connectivity index (χ3n) is 5.72. The molecule has 2 fully saturated rings. The summed E-state index contributed by atoms with van der Waals surface area (Å²) in [5.41, 5.74) is 2.25. The molecule has 2 aliphatic heterocycles. The quantitative estimate of drug-likeness (QED) is 0.703. The van der Waals surface area contributed by atoms with E-state index in [0.29, 0.717) is 5.92 Å². The standard InChI is InChI=1S/C20H25N5S/c1-2-10-24(9-1)17-5-6-19-21-20(22-25(19)14-17)16-7-11-23(12-8-16)15-18-4-3-13-26-18/h3-6,13-14,16H,1-2,7-12,15H2. The molecule has 0 amide bonds. The summed E-state index contributed by atoms with van der Waals surface area (Å²) in [6.07, 6.45) is 7.06. The van der Waals surface area contributed by atoms with E-state index >= 15 is 0 Å². The highest BCUT2D eigenvalue weighted by Crippen LogP contribution is 2.28. The average Bonchev–Trinajstić information content (AvgIpc) is 3.43. The van der Waals surface area contributed by atoms with E-state index in [0.717, 1.165) is 57.0 Å². The Morgan fingerprint density at radius 3 is 2.65 bits per heavy atom. The molecule has 136 valence electrons. The molecule has 0 saturated carbocycles. The second kappa shape index (κ2) is 7.00. The van der Waals surface area contributed by atoms with Crippen LogP contribution >= 0.6 is 11.3 Å². The van der Waals surface area contributed by atoms with Gasteiger partial charge in [-0.05, 0) is 62.4 Å². The van der Waals surface area contributed by atoms with Crippen molar-refractivity contribution in [1.29, 1.82) is 0 Å². The fourth-order valence-corrected chi connectivity index (χ4v) is 4.94. The van der Waals surface area contributed by atoms with E-state index in [9.17, 15) is 0 Å². The number of hydrogen-bond acceptors (Lipinski definition) is 5. The van der Waals surface area contributed by atoms with Crippen molar-refractivity contribution < 1.29 is 0 Å². The van der Waals surface area contributed by atoms with E-state index in [1.54, 1.807) is 0 Å². The van der Waals surface area contributed by atoms with Crippen molar-refractivity contribution in [3.05, 3.63) is 46.5 Å². The summed E-state index contributed by atoms with van der Waals surface area (Å²) in [5, 5.41) is 7.00. The van der Waals surface area contributed by atoms with Gasteiger partial charge in [-0.25, -0.2) is 9.50 Å². The van der Waals surface area contributed by atoms with Crippen LogP contribution in [0.25, 0.3) is 5.65 Å². The second-order valence-corrected chi connectivity index (χ2v) is 8.52. The maximum absolute atomic E-state index is 4.83. The average molecular weight is 368 g/mol. The lowest BCUT2D eigenvalue weighted by Gasteiger charge is -2.30. The number of thiophene rings is 1. The number of likely N-dealkylation sites (tertiary alicyclic amines) is 1. The lowest BCUT2D eigenvalue weighted by atomic mass is 9.96. The first-order valence-corrected chi connectivity index (χ1v) is 10.6. The fraction of sp³-hybridized carbons (Fsp3) is 0.500. The number of rotatable bonds is 4. The van der Waals surface area contributed by atoms with Gasteiger partial charge in [0.25, 0.3) is 0 Å². The van der Waals surface area contributed by atoms with Crippen molar-refractivity contribution in [2.75, 3.05) is 31.1 Å². The summed E-state index contributed by atoms with van der Waals surface area (Å²) >= 11 is 1.85. The van der Waals surface area contributed by atoms with E-state index in [1.807, 2.05) is 15.9 Å². The Hall–Kier alpha value is -1.92. The monoisotopic (exact) mass is 367 g/mol. The van der Waals surface area contributed by atoms with Crippen LogP contribution in [-0.2, 0) is 6.54 Å². The molecule has 5 heterocycles. The first-order chi connectivity index (χ1) is 12.8. The van der Waals surface area contributed by atoms with Gasteiger partial charge in [0.1, 0.15) is 0 Å². The van der Waals surface area contributed by atoms with Gasteiger partial charge in [0, 0.05) is 30.4 Å². The SMILES string of the molecule is c1csc(CN2CCC(c3nc4ccc(N5CCCC5)cn4n3)CC2)c1. The fourth-order valence-electron chi connectivity index (χ4n) is 4.20. The summed E-state index contributed by atoms with van der Waals surface area (Å²) in [6.45, 7) is 5.68. The summed E-state index contributed by atoms with van der Waals surface area (Å²) < 4.78 is 1.99. The van der Waals surface area contributed by atoms with Crippen molar-refractivity contribution in [2.45, 2.75) is 38.1 Å². The smallest absolute Gasteiger partial charge is 0.155 e. The second-order valence-electron chi connectivity index (χ2n) is 7.48. The Balaban J connectivity index is 1.27. The van der Waals surface area contributed by atoms with Crippen LogP contribution in [0.4, 0.5) is 5.69 Å². The van der Waals surface area contributed by atoms with Gasteiger partial charge < -0.3 is 4.90 Å². The molecule has 3 aromatic rings. The molecule has 0 aromatic carbocycles. The number of aromatic nitrogens is 3. The third kappa shape index (κ3) is 3.23. The number of anilines is 1. The highest BCUT2D eigenvalue weighted by Gasteiger charge is 2.24. The molecule has 0 N–H and O–H groups in total. The molecule has 5 nitrogen and oxygen atoms in total. The minimum atomic E-state index is 0.490. The van der Waals surface area contributed by atoms with Crippen LogP contribution in [0.1, 0.15) is 42.3 Å². The Morgan fingerprint density at radius 1 is 1.04 bits per heavy atom. The zero-order valence-corrected chi connectivity index (χ0v) is 15.9. The van der Waals surface area contributed by atoms with Gasteiger partial charge >= 0.3 is 0 Å². The van der Waals surface area contributed by atoms with Crippen LogP contribution in [0, 0.1) is 0 Å². The minimum absolute atomic E-state index is 0.490. The molecule has 0 unspecified atom stereocenters. The predicted molar refractivity (Wildman–Crippen MR) is 106 cm³/mol. The van der Waals surface area contributed by atoms with Crippen molar-refractivity contribution in [3.63, 3.8) is 0 Å². The summed E-state index contributed by atoms with van der Waals surface area (Å²) in [6, 6.07) is 8.70. The van der Waals surface area contributed by atoms with Crippen LogP contribution in [0.5, 0.6) is 0 Å². The summed E-state index contributed by atoms with van der Waals surface area (Å²) in [5.74, 6) is 1.52. The molecule has 0 spiro atoms. The maximum atomic E-state index is 4.83. The minimum Gasteiger partial charge on any atom is -0.370 e. The van der Waals surface area contributed by atoms with Gasteiger partial charge in [0.05, 0.1) is 11.9 Å². The summed E-state index contributed by atoms with van der Waals surface area (Å²) in [4.78, 5) is 11.3. The predicted octanol–water partition coefficient (Wildman–Crippen LogP) is 3.77. The van der Waals surface area contributed by atoms with E-state index < -0.39 is 0 Å². The molecule has 0 atom stereocenters. The topological polar surface area (TPSA) is 36.7 Å². The van der Waals surface area contributed by atoms with E-state index in [-0.39, 0.29) is 0 Å². The molecule has 0 aliphatic carbocycles. The van der Waals surface area contributed by atoms with Crippen molar-refractivity contribution >= 4 is 22.7 Å². The lowest BCUT2D eigenvalue weighted by Crippen LogP contribution is -2.32. The molecule has 3 aromatic heterocycles. The zero-order chi connectivity index (χ0) is 17.3. The number of fused-ring (bicyclic) bond motifs is 1. The molecule has 2 saturated heterocycles. The molecule has 0 radical (unpaired) electrons. The van der Waals surface area contributed by atoms with E-state index in [4.69, 9.17) is 10.1 Å². The van der Waals surface area contributed by atoms with Gasteiger partial charge in [-0.3, -0.25) is 4.90 Å². The lowest BCUT2D eigenvalue weighted by molar-refractivity contribution is 0.203. The van der Waals surface area contributed by atoms with E-state index in [2.05, 4.69) is 45.6 Å². The van der Waals surface area contributed by atoms with Crippen LogP contribution in [0.2, 0.25) is 0 Å². The van der Waals surface area contributed by atoms with Crippen molar-refractivity contribution in [1.82, 2.24) is 19.5 Å². The largest absolute Gasteiger partial charge is 0.370 e. The number of nitrogens with zero attached hydrogens (tertiary/aromatic N) is 5. The molecule has 5 rings (SSSR count). The first kappa shape index (κ1) is 16.3. The zero-order valence-electron chi connectivity index (χ0n) is 15.0. The molecule has 26 heavy (non-hydrogen) atoms. The molecule has 6 heteroatoms. The van der Waals surface area contributed by atoms with Crippen molar-refractivity contribution in [2.24, 2.45) is 0 Å². The highest BCUT2D eigenvalue weighted by molar-refractivity contribution is 7.09. The van der Waals surface area contributed by atoms with Gasteiger partial charge in [-0.15, -0.1) is 11.3 Å². The maximum Gasteiger partial charge on any atom is 0.155 e. The number of hydrogen-bond donors (Lipinski definition) is 0. The van der Waals surface area contributed by atoms with E-state index in [1.165, 1.54) is 23.4 Å². The van der Waals surface area contributed by atoms with Gasteiger partial charge in [-0.1, -0.05) is 6.07 Å². The van der Waals surface area contributed by atoms with Gasteiger partial charge in [0.15, 0.2) is 11.5 Å². The molecule has 0 bridgehead atoms. The third-order valence-corrected chi connectivity index (χ3v) is 6.58. The van der Waals surface area contributed by atoms with Crippen LogP contribution in [-0.4, -0.2) is 45.7 Å². The summed E-state index contributed by atoms with van der Waals surface area (Å²) in [7, 11) is 0. The van der Waals surface area contributed by atoms with Crippen molar-refractivity contribution in [3.8, 4) is 0 Å².